The van der Waals surface area contributed by atoms with Gasteiger partial charge in [-0.15, -0.1) is 0 Å². The van der Waals surface area contributed by atoms with Crippen molar-refractivity contribution in [2.24, 2.45) is 0 Å². The van der Waals surface area contributed by atoms with Crippen LogP contribution in [0.25, 0.3) is 0 Å². The number of halogens is 2. The van der Waals surface area contributed by atoms with Crippen LogP contribution in [0.5, 0.6) is 5.75 Å². The number of hydrogen-bond acceptors (Lipinski definition) is 6. The van der Waals surface area contributed by atoms with Crippen LogP contribution in [0, 0.1) is 0 Å². The summed E-state index contributed by atoms with van der Waals surface area (Å²) in [5, 5.41) is 27.8. The van der Waals surface area contributed by atoms with Gasteiger partial charge < -0.3 is 24.8 Å². The molecule has 0 bridgehead atoms. The molecule has 0 spiro atoms. The monoisotopic (exact) mass is 324 g/mol. The van der Waals surface area contributed by atoms with Gasteiger partial charge in [0, 0.05) is 5.02 Å². The first-order valence-electron chi connectivity index (χ1n) is 5.58. The average molecular weight is 325 g/mol. The molecule has 0 aliphatic carbocycles. The Kier molecular flexibility index (Phi) is 6.51. The number of carbonyl (C=O) groups is 1. The fraction of sp³-hybridized carbons (Fsp3) is 0.417. The molecule has 3 N–H and O–H groups in total. The summed E-state index contributed by atoms with van der Waals surface area (Å²) in [6.07, 6.45) is 0. The second kappa shape index (κ2) is 7.66. The van der Waals surface area contributed by atoms with Gasteiger partial charge in [0.2, 0.25) is 0 Å². The maximum Gasteiger partial charge on any atom is 0.344 e. The fourth-order valence-electron chi connectivity index (χ4n) is 1.13. The molecule has 0 aliphatic heterocycles. The molecule has 112 valence electrons. The molecule has 1 rings (SSSR count). The van der Waals surface area contributed by atoms with Crippen LogP contribution in [0.4, 0.5) is 0 Å². The summed E-state index contributed by atoms with van der Waals surface area (Å²) in [4.78, 5) is 11.4. The molecule has 0 saturated heterocycles. The second-order valence-corrected chi connectivity index (χ2v) is 4.91. The van der Waals surface area contributed by atoms with Gasteiger partial charge in [0.1, 0.15) is 18.0 Å². The predicted octanol–water partition coefficient (Wildman–Crippen LogP) is 0.631. The Hall–Kier alpha value is -1.05. The molecule has 0 atom stereocenters. The van der Waals surface area contributed by atoms with Crippen molar-refractivity contribution in [2.75, 3.05) is 26.4 Å². The number of carbonyl (C=O) groups excluding carboxylic acids is 1. The van der Waals surface area contributed by atoms with Crippen LogP contribution in [-0.4, -0.2) is 53.3 Å². The number of hydrogen-bond donors (Lipinski definition) is 3. The molecular weight excluding hydrogens is 311 g/mol. The highest BCUT2D eigenvalue weighted by Gasteiger charge is 2.27. The first-order valence-corrected chi connectivity index (χ1v) is 6.33. The molecule has 20 heavy (non-hydrogen) atoms. The van der Waals surface area contributed by atoms with Gasteiger partial charge in [0.25, 0.3) is 0 Å². The van der Waals surface area contributed by atoms with E-state index in [1.54, 1.807) is 6.07 Å². The van der Waals surface area contributed by atoms with Gasteiger partial charge in [0.05, 0.1) is 18.2 Å². The molecule has 0 fully saturated rings. The van der Waals surface area contributed by atoms with E-state index in [0.29, 0.717) is 5.02 Å². The first-order chi connectivity index (χ1) is 9.40. The third-order valence-corrected chi connectivity index (χ3v) is 2.86. The van der Waals surface area contributed by atoms with Crippen LogP contribution in [0.15, 0.2) is 18.2 Å². The topological polar surface area (TPSA) is 96.2 Å². The number of aliphatic hydroxyl groups excluding tert-OH is 2. The van der Waals surface area contributed by atoms with Crippen molar-refractivity contribution in [3.63, 3.8) is 0 Å². The Morgan fingerprint density at radius 1 is 1.25 bits per heavy atom. The van der Waals surface area contributed by atoms with Gasteiger partial charge in [0.15, 0.2) is 6.61 Å². The minimum absolute atomic E-state index is 0.243. The van der Waals surface area contributed by atoms with E-state index in [1.165, 1.54) is 12.1 Å². The van der Waals surface area contributed by atoms with E-state index in [0.717, 1.165) is 0 Å². The average Bonchev–Trinajstić information content (AvgIpc) is 2.44. The van der Waals surface area contributed by atoms with Crippen molar-refractivity contribution in [1.29, 1.82) is 0 Å². The molecule has 6 nitrogen and oxygen atoms in total. The molecule has 0 saturated carbocycles. The van der Waals surface area contributed by atoms with Gasteiger partial charge >= 0.3 is 5.97 Å². The molecule has 0 aromatic heterocycles. The lowest BCUT2D eigenvalue weighted by molar-refractivity contribution is -0.159. The zero-order chi connectivity index (χ0) is 15.2. The number of rotatable bonds is 7. The minimum atomic E-state index is -1.87. The largest absolute Gasteiger partial charge is 0.480 e. The Morgan fingerprint density at radius 3 is 2.45 bits per heavy atom. The molecule has 0 aliphatic rings. The lowest BCUT2D eigenvalue weighted by atomic mass is 10.1. The van der Waals surface area contributed by atoms with E-state index in [1.807, 2.05) is 0 Å². The fourth-order valence-corrected chi connectivity index (χ4v) is 1.59. The van der Waals surface area contributed by atoms with Crippen molar-refractivity contribution in [1.82, 2.24) is 0 Å². The summed E-state index contributed by atoms with van der Waals surface area (Å²) in [6, 6.07) is 4.50. The summed E-state index contributed by atoms with van der Waals surface area (Å²) in [6.45, 7) is -2.45. The molecule has 0 radical (unpaired) electrons. The van der Waals surface area contributed by atoms with Crippen molar-refractivity contribution in [2.45, 2.75) is 5.60 Å². The van der Waals surface area contributed by atoms with Crippen LogP contribution >= 0.6 is 23.2 Å². The lowest BCUT2D eigenvalue weighted by Gasteiger charge is -2.22. The van der Waals surface area contributed by atoms with Crippen molar-refractivity contribution in [3.8, 4) is 5.75 Å². The third kappa shape index (κ3) is 5.15. The maximum absolute atomic E-state index is 11.4. The zero-order valence-corrected chi connectivity index (χ0v) is 11.9. The summed E-state index contributed by atoms with van der Waals surface area (Å²) < 4.78 is 9.79. The predicted molar refractivity (Wildman–Crippen MR) is 72.0 cm³/mol. The highest BCUT2D eigenvalue weighted by atomic mass is 35.5. The van der Waals surface area contributed by atoms with Gasteiger partial charge in [-0.25, -0.2) is 4.79 Å². The van der Waals surface area contributed by atoms with Crippen LogP contribution in [0.1, 0.15) is 0 Å². The molecule has 8 heteroatoms. The second-order valence-electron chi connectivity index (χ2n) is 4.06. The van der Waals surface area contributed by atoms with Gasteiger partial charge in [-0.05, 0) is 18.2 Å². The lowest BCUT2D eigenvalue weighted by Crippen LogP contribution is -2.43. The summed E-state index contributed by atoms with van der Waals surface area (Å²) in [5.74, 6) is -0.524. The van der Waals surface area contributed by atoms with Gasteiger partial charge in [-0.3, -0.25) is 0 Å². The zero-order valence-electron chi connectivity index (χ0n) is 10.4. The quantitative estimate of drug-likeness (QED) is 0.637. The molecular formula is C12H14Cl2O6. The number of benzene rings is 1. The SMILES string of the molecule is O=C(COc1ccc(Cl)cc1Cl)OCC(O)(CO)CO. The maximum atomic E-state index is 11.4. The molecule has 0 heterocycles. The Labute approximate surface area is 125 Å². The van der Waals surface area contributed by atoms with Crippen LogP contribution in [0.3, 0.4) is 0 Å². The normalized spacial score (nSPS) is 11.2. The van der Waals surface area contributed by atoms with E-state index < -0.39 is 38.0 Å². The van der Waals surface area contributed by atoms with Crippen LogP contribution < -0.4 is 4.74 Å². The summed E-state index contributed by atoms with van der Waals surface area (Å²) in [5.41, 5.74) is -1.87. The molecule has 1 aromatic rings. The minimum Gasteiger partial charge on any atom is -0.480 e. The van der Waals surface area contributed by atoms with Crippen LogP contribution in [-0.2, 0) is 9.53 Å². The summed E-state index contributed by atoms with van der Waals surface area (Å²) in [7, 11) is 0. The number of ether oxygens (including phenoxy) is 2. The summed E-state index contributed by atoms with van der Waals surface area (Å²) >= 11 is 11.5. The number of aliphatic hydroxyl groups is 3. The van der Waals surface area contributed by atoms with Crippen molar-refractivity contribution < 1.29 is 29.6 Å². The smallest absolute Gasteiger partial charge is 0.344 e. The molecule has 0 unspecified atom stereocenters. The highest BCUT2D eigenvalue weighted by molar-refractivity contribution is 6.35. The standard InChI is InChI=1S/C12H14Cl2O6/c13-8-1-2-10(9(14)3-8)19-4-11(17)20-7-12(18,5-15)6-16/h1-3,15-16,18H,4-7H2. The van der Waals surface area contributed by atoms with E-state index in [9.17, 15) is 9.90 Å². The first kappa shape index (κ1) is 17.0. The van der Waals surface area contributed by atoms with E-state index in [2.05, 4.69) is 4.74 Å². The van der Waals surface area contributed by atoms with E-state index >= 15 is 0 Å². The third-order valence-electron chi connectivity index (χ3n) is 2.33. The Morgan fingerprint density at radius 2 is 1.90 bits per heavy atom. The Balaban J connectivity index is 2.44. The molecule has 1 aromatic carbocycles. The van der Waals surface area contributed by atoms with Crippen molar-refractivity contribution in [3.05, 3.63) is 28.2 Å². The Bertz CT molecular complexity index is 461. The highest BCUT2D eigenvalue weighted by Crippen LogP contribution is 2.27. The van der Waals surface area contributed by atoms with Gasteiger partial charge in [-0.2, -0.15) is 0 Å². The van der Waals surface area contributed by atoms with Crippen LogP contribution in [0.2, 0.25) is 10.0 Å². The van der Waals surface area contributed by atoms with E-state index in [4.69, 9.17) is 38.2 Å². The van der Waals surface area contributed by atoms with Crippen molar-refractivity contribution >= 4 is 29.2 Å². The van der Waals surface area contributed by atoms with E-state index in [-0.39, 0.29) is 10.8 Å². The molecule has 0 amide bonds. The van der Waals surface area contributed by atoms with Gasteiger partial charge in [-0.1, -0.05) is 23.2 Å². The number of esters is 1.